The Morgan fingerprint density at radius 3 is 2.48 bits per heavy atom. The van der Waals surface area contributed by atoms with Gasteiger partial charge in [0, 0.05) is 47.9 Å². The summed E-state index contributed by atoms with van der Waals surface area (Å²) < 4.78 is 19.6. The molecule has 1 saturated heterocycles. The van der Waals surface area contributed by atoms with Crippen LogP contribution < -0.4 is 10.1 Å². The molecule has 2 fully saturated rings. The van der Waals surface area contributed by atoms with E-state index in [2.05, 4.69) is 26.5 Å². The van der Waals surface area contributed by atoms with Crippen molar-refractivity contribution in [2.45, 2.75) is 37.5 Å². The van der Waals surface area contributed by atoms with E-state index in [1.165, 1.54) is 12.8 Å². The fourth-order valence-electron chi connectivity index (χ4n) is 4.28. The Bertz CT molecular complexity index is 1010. The summed E-state index contributed by atoms with van der Waals surface area (Å²) in [5.41, 5.74) is 1.82. The van der Waals surface area contributed by atoms with Gasteiger partial charge in [0.2, 0.25) is 0 Å². The highest BCUT2D eigenvalue weighted by atomic mass is 19.1. The zero-order valence-corrected chi connectivity index (χ0v) is 16.5. The summed E-state index contributed by atoms with van der Waals surface area (Å²) >= 11 is 0. The van der Waals surface area contributed by atoms with Gasteiger partial charge in [0.1, 0.15) is 17.6 Å². The van der Waals surface area contributed by atoms with Crippen LogP contribution in [0.25, 0.3) is 22.0 Å². The standard InChI is InChI=1S/C23H25FN4O/c1-29-19-10-6-15(7-11-19)22-20-4-2-3-5-21(20)23(27-26-22)25-17-12-16(24)13-28(14-17)18-8-9-18/h2-7,10-11,16-18H,8-9,12-14H2,1H3,(H,25,27)/t16-,17-/m1/s1. The number of halogens is 1. The van der Waals surface area contributed by atoms with Crippen molar-refractivity contribution in [3.8, 4) is 17.0 Å². The number of aromatic nitrogens is 2. The summed E-state index contributed by atoms with van der Waals surface area (Å²) in [5.74, 6) is 1.54. The lowest BCUT2D eigenvalue weighted by Crippen LogP contribution is -2.48. The molecule has 1 aliphatic carbocycles. The molecule has 2 aromatic carbocycles. The lowest BCUT2D eigenvalue weighted by Gasteiger charge is -2.35. The molecule has 1 saturated carbocycles. The molecule has 3 aromatic rings. The second kappa shape index (κ2) is 7.59. The van der Waals surface area contributed by atoms with Gasteiger partial charge >= 0.3 is 0 Å². The third-order valence-corrected chi connectivity index (χ3v) is 5.88. The Balaban J connectivity index is 1.46. The van der Waals surface area contributed by atoms with Gasteiger partial charge in [-0.3, -0.25) is 4.90 Å². The van der Waals surface area contributed by atoms with Crippen molar-refractivity contribution in [1.82, 2.24) is 15.1 Å². The van der Waals surface area contributed by atoms with Crippen LogP contribution in [0.2, 0.25) is 0 Å². The quantitative estimate of drug-likeness (QED) is 0.702. The van der Waals surface area contributed by atoms with E-state index in [0.717, 1.165) is 40.1 Å². The maximum Gasteiger partial charge on any atom is 0.156 e. The van der Waals surface area contributed by atoms with Gasteiger partial charge in [-0.2, -0.15) is 0 Å². The zero-order chi connectivity index (χ0) is 19.8. The van der Waals surface area contributed by atoms with Gasteiger partial charge in [-0.25, -0.2) is 4.39 Å². The largest absolute Gasteiger partial charge is 0.497 e. The fraction of sp³-hybridized carbons (Fsp3) is 0.391. The number of nitrogens with zero attached hydrogens (tertiary/aromatic N) is 3. The average molecular weight is 392 g/mol. The van der Waals surface area contributed by atoms with Gasteiger partial charge in [0.25, 0.3) is 0 Å². The number of hydrogen-bond acceptors (Lipinski definition) is 5. The number of fused-ring (bicyclic) bond motifs is 1. The van der Waals surface area contributed by atoms with Gasteiger partial charge < -0.3 is 10.1 Å². The summed E-state index contributed by atoms with van der Waals surface area (Å²) in [5, 5.41) is 14.5. The molecular formula is C23H25FN4O. The minimum absolute atomic E-state index is 0.0453. The van der Waals surface area contributed by atoms with Crippen LogP contribution in [0.15, 0.2) is 48.5 Å². The normalized spacial score (nSPS) is 22.6. The summed E-state index contributed by atoms with van der Waals surface area (Å²) in [6.45, 7) is 1.42. The molecule has 6 heteroatoms. The highest BCUT2D eigenvalue weighted by Gasteiger charge is 2.36. The molecule has 29 heavy (non-hydrogen) atoms. The Kier molecular flexibility index (Phi) is 4.79. The van der Waals surface area contributed by atoms with Crippen molar-refractivity contribution < 1.29 is 9.13 Å². The van der Waals surface area contributed by atoms with Crippen LogP contribution in [0.4, 0.5) is 10.2 Å². The fourth-order valence-corrected chi connectivity index (χ4v) is 4.28. The van der Waals surface area contributed by atoms with Crippen molar-refractivity contribution in [3.05, 3.63) is 48.5 Å². The molecule has 2 heterocycles. The van der Waals surface area contributed by atoms with Crippen LogP contribution in [0.3, 0.4) is 0 Å². The number of alkyl halides is 1. The van der Waals surface area contributed by atoms with E-state index in [9.17, 15) is 4.39 Å². The van der Waals surface area contributed by atoms with Crippen LogP contribution in [0.1, 0.15) is 19.3 Å². The van der Waals surface area contributed by atoms with Crippen molar-refractivity contribution in [3.63, 3.8) is 0 Å². The molecule has 0 unspecified atom stereocenters. The smallest absolute Gasteiger partial charge is 0.156 e. The molecule has 2 aliphatic rings. The molecule has 0 amide bonds. The van der Waals surface area contributed by atoms with E-state index in [1.54, 1.807) is 7.11 Å². The molecule has 5 rings (SSSR count). The van der Waals surface area contributed by atoms with E-state index in [0.29, 0.717) is 19.0 Å². The Hall–Kier alpha value is -2.73. The highest BCUT2D eigenvalue weighted by Crippen LogP contribution is 2.33. The molecule has 5 nitrogen and oxygen atoms in total. The predicted molar refractivity (Wildman–Crippen MR) is 113 cm³/mol. The van der Waals surface area contributed by atoms with Crippen molar-refractivity contribution in [2.24, 2.45) is 0 Å². The van der Waals surface area contributed by atoms with E-state index in [4.69, 9.17) is 4.74 Å². The third kappa shape index (κ3) is 3.77. The number of likely N-dealkylation sites (tertiary alicyclic amines) is 1. The first-order valence-corrected chi connectivity index (χ1v) is 10.3. The second-order valence-corrected chi connectivity index (χ2v) is 8.03. The molecule has 0 bridgehead atoms. The van der Waals surface area contributed by atoms with Gasteiger partial charge in [0.15, 0.2) is 5.82 Å². The molecule has 1 N–H and O–H groups in total. The molecule has 0 radical (unpaired) electrons. The van der Waals surface area contributed by atoms with Gasteiger partial charge in [-0.1, -0.05) is 24.3 Å². The van der Waals surface area contributed by atoms with E-state index in [-0.39, 0.29) is 6.04 Å². The summed E-state index contributed by atoms with van der Waals surface area (Å²) in [6, 6.07) is 16.6. The van der Waals surface area contributed by atoms with Gasteiger partial charge in [-0.05, 0) is 37.1 Å². The Morgan fingerprint density at radius 1 is 1.00 bits per heavy atom. The van der Waals surface area contributed by atoms with Gasteiger partial charge in [-0.15, -0.1) is 10.2 Å². The number of rotatable bonds is 5. The highest BCUT2D eigenvalue weighted by molar-refractivity contribution is 6.00. The molecule has 1 aromatic heterocycles. The second-order valence-electron chi connectivity index (χ2n) is 8.03. The number of hydrogen-bond donors (Lipinski definition) is 1. The van der Waals surface area contributed by atoms with Crippen molar-refractivity contribution in [1.29, 1.82) is 0 Å². The molecule has 0 spiro atoms. The minimum atomic E-state index is -0.792. The lowest BCUT2D eigenvalue weighted by molar-refractivity contribution is 0.123. The topological polar surface area (TPSA) is 50.3 Å². The SMILES string of the molecule is COc1ccc(-c2nnc(N[C@@H]3C[C@@H](F)CN(C4CC4)C3)c3ccccc23)cc1. The van der Waals surface area contributed by atoms with Crippen LogP contribution in [-0.4, -0.2) is 53.6 Å². The van der Waals surface area contributed by atoms with Crippen LogP contribution in [0.5, 0.6) is 5.75 Å². The molecule has 2 atom stereocenters. The predicted octanol–water partition coefficient (Wildman–Crippen LogP) is 4.29. The Morgan fingerprint density at radius 2 is 1.76 bits per heavy atom. The summed E-state index contributed by atoms with van der Waals surface area (Å²) in [6.07, 6.45) is 2.11. The first-order chi connectivity index (χ1) is 14.2. The van der Waals surface area contributed by atoms with Crippen molar-refractivity contribution in [2.75, 3.05) is 25.5 Å². The number of ether oxygens (including phenoxy) is 1. The van der Waals surface area contributed by atoms with E-state index in [1.807, 2.05) is 42.5 Å². The molecule has 1 aliphatic heterocycles. The maximum atomic E-state index is 14.3. The molecular weight excluding hydrogens is 367 g/mol. The number of nitrogens with one attached hydrogen (secondary N) is 1. The van der Waals surface area contributed by atoms with Gasteiger partial charge in [0.05, 0.1) is 7.11 Å². The van der Waals surface area contributed by atoms with E-state index < -0.39 is 6.17 Å². The first-order valence-electron chi connectivity index (χ1n) is 10.3. The molecule has 150 valence electrons. The van der Waals surface area contributed by atoms with Crippen LogP contribution in [-0.2, 0) is 0 Å². The maximum absolute atomic E-state index is 14.3. The number of anilines is 1. The van der Waals surface area contributed by atoms with Crippen LogP contribution in [0, 0.1) is 0 Å². The Labute approximate surface area is 169 Å². The number of methoxy groups -OCH3 is 1. The number of benzene rings is 2. The minimum Gasteiger partial charge on any atom is -0.497 e. The summed E-state index contributed by atoms with van der Waals surface area (Å²) in [7, 11) is 1.66. The monoisotopic (exact) mass is 392 g/mol. The summed E-state index contributed by atoms with van der Waals surface area (Å²) in [4.78, 5) is 2.28. The van der Waals surface area contributed by atoms with E-state index >= 15 is 0 Å². The number of piperidine rings is 1. The van der Waals surface area contributed by atoms with Crippen LogP contribution >= 0.6 is 0 Å². The first kappa shape index (κ1) is 18.3. The average Bonchev–Trinajstić information content (AvgIpc) is 3.59. The lowest BCUT2D eigenvalue weighted by atomic mass is 10.0. The van der Waals surface area contributed by atoms with Crippen molar-refractivity contribution >= 4 is 16.6 Å². The zero-order valence-electron chi connectivity index (χ0n) is 16.5. The third-order valence-electron chi connectivity index (χ3n) is 5.88.